The van der Waals surface area contributed by atoms with E-state index in [1.54, 1.807) is 0 Å². The fourth-order valence-electron chi connectivity index (χ4n) is 2.37. The van der Waals surface area contributed by atoms with E-state index in [1.165, 1.54) is 24.1 Å². The standard InChI is InChI=1S/C14H22N2/c1-11(2)16-14-5-3-4-13(10-14)12-6-8-15-9-7-12/h3-5,10-12,15-16H,6-9H2,1-2H3. The van der Waals surface area contributed by atoms with Crippen LogP contribution in [0.15, 0.2) is 24.3 Å². The molecule has 1 aliphatic rings. The van der Waals surface area contributed by atoms with Crippen LogP contribution in [-0.2, 0) is 0 Å². The molecule has 2 N–H and O–H groups in total. The van der Waals surface area contributed by atoms with Crippen LogP contribution in [0.5, 0.6) is 0 Å². The average molecular weight is 218 g/mol. The van der Waals surface area contributed by atoms with Crippen LogP contribution in [0, 0.1) is 0 Å². The van der Waals surface area contributed by atoms with E-state index in [0.717, 1.165) is 19.0 Å². The van der Waals surface area contributed by atoms with Gasteiger partial charge in [0.15, 0.2) is 0 Å². The summed E-state index contributed by atoms with van der Waals surface area (Å²) in [6, 6.07) is 9.41. The first-order valence-corrected chi connectivity index (χ1v) is 6.33. The highest BCUT2D eigenvalue weighted by Crippen LogP contribution is 2.27. The zero-order chi connectivity index (χ0) is 11.4. The number of hydrogen-bond acceptors (Lipinski definition) is 2. The molecular formula is C14H22N2. The Morgan fingerprint density at radius 1 is 1.25 bits per heavy atom. The second kappa shape index (κ2) is 5.35. The molecule has 1 aliphatic heterocycles. The number of anilines is 1. The summed E-state index contributed by atoms with van der Waals surface area (Å²) in [7, 11) is 0. The maximum Gasteiger partial charge on any atom is 0.0344 e. The molecule has 2 nitrogen and oxygen atoms in total. The quantitative estimate of drug-likeness (QED) is 0.815. The zero-order valence-corrected chi connectivity index (χ0v) is 10.3. The molecule has 0 amide bonds. The van der Waals surface area contributed by atoms with Crippen molar-refractivity contribution in [1.29, 1.82) is 0 Å². The maximum atomic E-state index is 3.47. The molecular weight excluding hydrogens is 196 g/mol. The van der Waals surface area contributed by atoms with E-state index < -0.39 is 0 Å². The van der Waals surface area contributed by atoms with Crippen molar-refractivity contribution in [1.82, 2.24) is 5.32 Å². The van der Waals surface area contributed by atoms with E-state index in [9.17, 15) is 0 Å². The summed E-state index contributed by atoms with van der Waals surface area (Å²) in [5.41, 5.74) is 2.75. The zero-order valence-electron chi connectivity index (χ0n) is 10.3. The number of rotatable bonds is 3. The summed E-state index contributed by atoms with van der Waals surface area (Å²) < 4.78 is 0. The SMILES string of the molecule is CC(C)Nc1cccc(C2CCNCC2)c1. The summed E-state index contributed by atoms with van der Waals surface area (Å²) in [6.07, 6.45) is 2.54. The molecule has 1 aromatic rings. The van der Waals surface area contributed by atoms with Crippen molar-refractivity contribution in [2.24, 2.45) is 0 Å². The van der Waals surface area contributed by atoms with E-state index in [4.69, 9.17) is 0 Å². The first-order valence-electron chi connectivity index (χ1n) is 6.33. The summed E-state index contributed by atoms with van der Waals surface area (Å²) in [5, 5.41) is 6.88. The van der Waals surface area contributed by atoms with Crippen LogP contribution >= 0.6 is 0 Å². The molecule has 0 unspecified atom stereocenters. The minimum absolute atomic E-state index is 0.503. The summed E-state index contributed by atoms with van der Waals surface area (Å²) >= 11 is 0. The van der Waals surface area contributed by atoms with Gasteiger partial charge in [0, 0.05) is 11.7 Å². The van der Waals surface area contributed by atoms with Crippen LogP contribution in [0.2, 0.25) is 0 Å². The summed E-state index contributed by atoms with van der Waals surface area (Å²) in [5.74, 6) is 0.746. The van der Waals surface area contributed by atoms with Crippen molar-refractivity contribution in [3.8, 4) is 0 Å². The lowest BCUT2D eigenvalue weighted by molar-refractivity contribution is 0.460. The fraction of sp³-hybridized carbons (Fsp3) is 0.571. The molecule has 0 aliphatic carbocycles. The van der Waals surface area contributed by atoms with Crippen molar-refractivity contribution in [3.63, 3.8) is 0 Å². The van der Waals surface area contributed by atoms with Gasteiger partial charge in [0.1, 0.15) is 0 Å². The molecule has 88 valence electrons. The molecule has 0 aromatic heterocycles. The molecule has 1 aromatic carbocycles. The number of hydrogen-bond donors (Lipinski definition) is 2. The normalized spacial score (nSPS) is 17.7. The van der Waals surface area contributed by atoms with Crippen LogP contribution < -0.4 is 10.6 Å². The third-order valence-corrected chi connectivity index (χ3v) is 3.15. The van der Waals surface area contributed by atoms with E-state index in [2.05, 4.69) is 48.7 Å². The molecule has 1 fully saturated rings. The predicted octanol–water partition coefficient (Wildman–Crippen LogP) is 2.97. The van der Waals surface area contributed by atoms with Gasteiger partial charge in [-0.05, 0) is 63.4 Å². The Bertz CT molecular complexity index is 327. The highest BCUT2D eigenvalue weighted by atomic mass is 14.9. The summed E-state index contributed by atoms with van der Waals surface area (Å²) in [6.45, 7) is 6.67. The van der Waals surface area contributed by atoms with Gasteiger partial charge >= 0.3 is 0 Å². The van der Waals surface area contributed by atoms with Crippen LogP contribution in [0.1, 0.15) is 38.2 Å². The molecule has 0 saturated carbocycles. The Hall–Kier alpha value is -1.02. The second-order valence-electron chi connectivity index (χ2n) is 4.95. The smallest absolute Gasteiger partial charge is 0.0344 e. The van der Waals surface area contributed by atoms with Gasteiger partial charge in [-0.1, -0.05) is 12.1 Å². The van der Waals surface area contributed by atoms with Gasteiger partial charge in [-0.15, -0.1) is 0 Å². The van der Waals surface area contributed by atoms with E-state index >= 15 is 0 Å². The minimum atomic E-state index is 0.503. The van der Waals surface area contributed by atoms with E-state index in [1.807, 2.05) is 0 Å². The third kappa shape index (κ3) is 2.99. The molecule has 16 heavy (non-hydrogen) atoms. The van der Waals surface area contributed by atoms with Crippen LogP contribution in [0.4, 0.5) is 5.69 Å². The van der Waals surface area contributed by atoms with Gasteiger partial charge in [0.05, 0.1) is 0 Å². The molecule has 0 atom stereocenters. The minimum Gasteiger partial charge on any atom is -0.383 e. The molecule has 2 heteroatoms. The molecule has 1 saturated heterocycles. The maximum absolute atomic E-state index is 3.47. The van der Waals surface area contributed by atoms with Crippen LogP contribution in [0.3, 0.4) is 0 Å². The van der Waals surface area contributed by atoms with Gasteiger partial charge in [-0.3, -0.25) is 0 Å². The Labute approximate surface area is 98.4 Å². The Morgan fingerprint density at radius 2 is 2.00 bits per heavy atom. The average Bonchev–Trinajstić information content (AvgIpc) is 2.30. The molecule has 0 spiro atoms. The fourth-order valence-corrected chi connectivity index (χ4v) is 2.37. The van der Waals surface area contributed by atoms with Gasteiger partial charge in [-0.25, -0.2) is 0 Å². The topological polar surface area (TPSA) is 24.1 Å². The molecule has 2 rings (SSSR count). The Balaban J connectivity index is 2.08. The summed E-state index contributed by atoms with van der Waals surface area (Å²) in [4.78, 5) is 0. The largest absolute Gasteiger partial charge is 0.383 e. The van der Waals surface area contributed by atoms with Gasteiger partial charge in [0.25, 0.3) is 0 Å². The highest BCUT2D eigenvalue weighted by molar-refractivity contribution is 5.47. The van der Waals surface area contributed by atoms with Crippen molar-refractivity contribution in [2.75, 3.05) is 18.4 Å². The van der Waals surface area contributed by atoms with Crippen molar-refractivity contribution in [2.45, 2.75) is 38.6 Å². The lowest BCUT2D eigenvalue weighted by Gasteiger charge is -2.23. The third-order valence-electron chi connectivity index (χ3n) is 3.15. The number of nitrogens with one attached hydrogen (secondary N) is 2. The van der Waals surface area contributed by atoms with E-state index in [-0.39, 0.29) is 0 Å². The van der Waals surface area contributed by atoms with Gasteiger partial charge in [0.2, 0.25) is 0 Å². The highest BCUT2D eigenvalue weighted by Gasteiger charge is 2.15. The lowest BCUT2D eigenvalue weighted by atomic mass is 9.90. The Morgan fingerprint density at radius 3 is 2.69 bits per heavy atom. The van der Waals surface area contributed by atoms with Crippen molar-refractivity contribution < 1.29 is 0 Å². The van der Waals surface area contributed by atoms with Crippen molar-refractivity contribution >= 4 is 5.69 Å². The number of benzene rings is 1. The van der Waals surface area contributed by atoms with Crippen LogP contribution in [0.25, 0.3) is 0 Å². The monoisotopic (exact) mass is 218 g/mol. The van der Waals surface area contributed by atoms with Crippen molar-refractivity contribution in [3.05, 3.63) is 29.8 Å². The molecule has 1 heterocycles. The first-order chi connectivity index (χ1) is 7.75. The van der Waals surface area contributed by atoms with Gasteiger partial charge in [-0.2, -0.15) is 0 Å². The van der Waals surface area contributed by atoms with Crippen LogP contribution in [-0.4, -0.2) is 19.1 Å². The molecule has 0 bridgehead atoms. The lowest BCUT2D eigenvalue weighted by Crippen LogP contribution is -2.26. The predicted molar refractivity (Wildman–Crippen MR) is 70.0 cm³/mol. The Kier molecular flexibility index (Phi) is 3.83. The van der Waals surface area contributed by atoms with E-state index in [0.29, 0.717) is 6.04 Å². The number of piperidine rings is 1. The second-order valence-corrected chi connectivity index (χ2v) is 4.95. The first kappa shape index (κ1) is 11.5. The molecule has 0 radical (unpaired) electrons. The van der Waals surface area contributed by atoms with Gasteiger partial charge < -0.3 is 10.6 Å².